The van der Waals surface area contributed by atoms with E-state index >= 15 is 4.39 Å². The number of rotatable bonds is 7. The molecule has 0 unspecified atom stereocenters. The molecule has 3 heterocycles. The van der Waals surface area contributed by atoms with Gasteiger partial charge in [-0.15, -0.1) is 0 Å². The lowest BCUT2D eigenvalue weighted by atomic mass is 9.96. The Morgan fingerprint density at radius 2 is 1.78 bits per heavy atom. The third-order valence-electron chi connectivity index (χ3n) is 7.05. The number of aliphatic imine (C=N–C) groups is 1. The summed E-state index contributed by atoms with van der Waals surface area (Å²) in [5, 5.41) is 13.5. The van der Waals surface area contributed by atoms with E-state index in [9.17, 15) is 4.79 Å². The molecule has 5 N–H and O–H groups in total. The minimum absolute atomic E-state index is 0.0369. The van der Waals surface area contributed by atoms with Crippen LogP contribution in [0, 0.1) is 12.7 Å². The van der Waals surface area contributed by atoms with E-state index in [1.54, 1.807) is 36.7 Å². The maximum absolute atomic E-state index is 15.0. The maximum Gasteiger partial charge on any atom is 0.315 e. The summed E-state index contributed by atoms with van der Waals surface area (Å²) in [6, 6.07) is 12.4. The van der Waals surface area contributed by atoms with Crippen LogP contribution in [-0.2, 0) is 12.0 Å². The second-order valence-corrected chi connectivity index (χ2v) is 12.0. The average molecular weight is 685 g/mol. The normalized spacial score (nSPS) is 10.6. The molecule has 0 saturated carbocycles. The van der Waals surface area contributed by atoms with E-state index < -0.39 is 11.7 Å². The number of hydrogen-bond donors (Lipinski definition) is 4. The standard InChI is InChI=1S/C27H26FN7O2.C8H13N.C2H6.CH4O/c1-14-5-8-18(20(29)11-14)22-32-21-17(9-10-30-23(21)33-22)15-6-7-16(19(28)12-15)13-31-24(36)25-34-26(35-37-25)27(2,3)4;1-5-6-9-8(4)7(2)3;2*1-2/h5-12H,13,29H2,1-4H3,(H,31,36)(H,30,32,33);5-6H,1H2,2-4H3;1-2H3;2H,1H3. The van der Waals surface area contributed by atoms with Crippen LogP contribution in [0.1, 0.15) is 83.0 Å². The van der Waals surface area contributed by atoms with Gasteiger partial charge < -0.3 is 25.7 Å². The number of aliphatic hydroxyl groups is 1. The first-order valence-electron chi connectivity index (χ1n) is 16.1. The highest BCUT2D eigenvalue weighted by molar-refractivity contribution is 5.92. The van der Waals surface area contributed by atoms with Gasteiger partial charge >= 0.3 is 11.8 Å². The molecule has 0 aliphatic carbocycles. The molecule has 0 radical (unpaired) electrons. The number of halogens is 1. The van der Waals surface area contributed by atoms with Crippen LogP contribution in [0.5, 0.6) is 0 Å². The van der Waals surface area contributed by atoms with Gasteiger partial charge in [0.05, 0.1) is 5.52 Å². The predicted octanol–water partition coefficient (Wildman–Crippen LogP) is 8.12. The number of fused-ring (bicyclic) bond motifs is 1. The van der Waals surface area contributed by atoms with Crippen molar-refractivity contribution in [2.75, 3.05) is 12.8 Å². The van der Waals surface area contributed by atoms with Crippen LogP contribution < -0.4 is 11.1 Å². The molecule has 0 aliphatic rings. The lowest BCUT2D eigenvalue weighted by molar-refractivity contribution is 0.0906. The number of imidazole rings is 1. The van der Waals surface area contributed by atoms with Crippen molar-refractivity contribution in [3.05, 3.63) is 101 Å². The van der Waals surface area contributed by atoms with Crippen molar-refractivity contribution in [2.45, 2.75) is 74.3 Å². The number of aromatic amines is 1. The minimum atomic E-state index is -0.567. The number of nitrogens with one attached hydrogen (secondary N) is 2. The Hall–Kier alpha value is -5.49. The highest BCUT2D eigenvalue weighted by Crippen LogP contribution is 2.31. The number of nitrogens with zero attached hydrogens (tertiary/aromatic N) is 5. The smallest absolute Gasteiger partial charge is 0.315 e. The Labute approximate surface area is 293 Å². The van der Waals surface area contributed by atoms with Crippen molar-refractivity contribution in [1.29, 1.82) is 0 Å². The molecule has 0 bridgehead atoms. The number of H-pyrrole nitrogens is 1. The number of allylic oxidation sites excluding steroid dienone is 3. The van der Waals surface area contributed by atoms with Crippen LogP contribution in [0.15, 0.2) is 82.1 Å². The molecular weight excluding hydrogens is 635 g/mol. The molecule has 0 aliphatic heterocycles. The van der Waals surface area contributed by atoms with Gasteiger partial charge in [-0.1, -0.05) is 76.2 Å². The number of aromatic nitrogens is 5. The number of carbonyl (C=O) groups is 1. The molecule has 12 heteroatoms. The summed E-state index contributed by atoms with van der Waals surface area (Å²) in [6.45, 7) is 21.2. The van der Waals surface area contributed by atoms with E-state index in [2.05, 4.69) is 42.0 Å². The molecule has 5 aromatic rings. The summed E-state index contributed by atoms with van der Waals surface area (Å²) in [5.74, 6) is -0.189. The van der Waals surface area contributed by atoms with Crippen molar-refractivity contribution in [3.63, 3.8) is 0 Å². The zero-order valence-electron chi connectivity index (χ0n) is 30.6. The number of hydrogen-bond acceptors (Lipinski definition) is 9. The molecular formula is C38H49FN8O3. The minimum Gasteiger partial charge on any atom is -0.400 e. The molecule has 2 aromatic carbocycles. The van der Waals surface area contributed by atoms with Crippen LogP contribution >= 0.6 is 0 Å². The second-order valence-electron chi connectivity index (χ2n) is 12.0. The van der Waals surface area contributed by atoms with E-state index in [1.165, 1.54) is 11.6 Å². The number of nitrogens with two attached hydrogens (primary N) is 1. The summed E-state index contributed by atoms with van der Waals surface area (Å²) in [4.78, 5) is 32.8. The van der Waals surface area contributed by atoms with Crippen LogP contribution in [0.4, 0.5) is 10.1 Å². The Morgan fingerprint density at radius 3 is 2.36 bits per heavy atom. The fraction of sp³-hybridized carbons (Fsp3) is 0.316. The molecule has 0 atom stereocenters. The van der Waals surface area contributed by atoms with Crippen molar-refractivity contribution in [3.8, 4) is 22.5 Å². The van der Waals surface area contributed by atoms with Crippen LogP contribution in [0.3, 0.4) is 0 Å². The van der Waals surface area contributed by atoms with Gasteiger partial charge in [-0.2, -0.15) is 4.98 Å². The largest absolute Gasteiger partial charge is 0.400 e. The Morgan fingerprint density at radius 1 is 1.08 bits per heavy atom. The van der Waals surface area contributed by atoms with Crippen molar-refractivity contribution in [1.82, 2.24) is 30.4 Å². The van der Waals surface area contributed by atoms with Gasteiger partial charge in [-0.05, 0) is 63.1 Å². The van der Waals surface area contributed by atoms with E-state index in [4.69, 9.17) is 15.4 Å². The summed E-state index contributed by atoms with van der Waals surface area (Å²) < 4.78 is 20.1. The molecule has 5 rings (SSSR count). The van der Waals surface area contributed by atoms with Gasteiger partial charge in [0, 0.05) is 59.6 Å². The first-order valence-corrected chi connectivity index (χ1v) is 16.1. The summed E-state index contributed by atoms with van der Waals surface area (Å²) in [6.07, 6.45) is 5.00. The van der Waals surface area contributed by atoms with Crippen LogP contribution in [0.2, 0.25) is 0 Å². The highest BCUT2D eigenvalue weighted by atomic mass is 19.1. The fourth-order valence-corrected chi connectivity index (χ4v) is 4.20. The SMILES string of the molecule is C=CC=NC(C)=C(C)C.CC.CO.Cc1ccc(-c2nc3nccc(-c4ccc(CNC(=O)c5nc(C(C)(C)C)no5)c(F)c4)c3[nH]2)c(N)c1. The fourth-order valence-electron chi connectivity index (χ4n) is 4.20. The van der Waals surface area contributed by atoms with E-state index in [1.807, 2.05) is 80.5 Å². The molecule has 0 spiro atoms. The zero-order chi connectivity index (χ0) is 37.6. The molecule has 3 aromatic heterocycles. The van der Waals surface area contributed by atoms with Crippen molar-refractivity contribution >= 4 is 29.0 Å². The summed E-state index contributed by atoms with van der Waals surface area (Å²) in [7, 11) is 1.00. The number of amides is 1. The Kier molecular flexibility index (Phi) is 15.4. The van der Waals surface area contributed by atoms with E-state index in [-0.39, 0.29) is 17.9 Å². The molecule has 1 amide bonds. The van der Waals surface area contributed by atoms with Gasteiger partial charge in [0.15, 0.2) is 11.5 Å². The number of benzene rings is 2. The Balaban J connectivity index is 0.000000576. The zero-order valence-corrected chi connectivity index (χ0v) is 30.6. The topological polar surface area (TPSA) is 168 Å². The van der Waals surface area contributed by atoms with Gasteiger partial charge in [0.1, 0.15) is 11.6 Å². The summed E-state index contributed by atoms with van der Waals surface area (Å²) >= 11 is 0. The van der Waals surface area contributed by atoms with Crippen molar-refractivity contribution < 1.29 is 18.8 Å². The number of aryl methyl sites for hydroxylation is 1. The van der Waals surface area contributed by atoms with E-state index in [0.717, 1.165) is 29.5 Å². The molecule has 50 heavy (non-hydrogen) atoms. The highest BCUT2D eigenvalue weighted by Gasteiger charge is 2.24. The first kappa shape index (κ1) is 40.7. The summed E-state index contributed by atoms with van der Waals surface area (Å²) in [5.41, 5.74) is 13.4. The lowest BCUT2D eigenvalue weighted by Crippen LogP contribution is -2.24. The third kappa shape index (κ3) is 10.8. The Bertz CT molecular complexity index is 1950. The second kappa shape index (κ2) is 18.9. The van der Waals surface area contributed by atoms with Gasteiger partial charge in [-0.25, -0.2) is 14.4 Å². The average Bonchev–Trinajstić information content (AvgIpc) is 3.77. The first-order chi connectivity index (χ1) is 23.8. The van der Waals surface area contributed by atoms with Crippen molar-refractivity contribution in [2.24, 2.45) is 4.99 Å². The maximum atomic E-state index is 15.0. The van der Waals surface area contributed by atoms with Crippen LogP contribution in [-0.4, -0.2) is 49.4 Å². The monoisotopic (exact) mass is 684 g/mol. The quantitative estimate of drug-likeness (QED) is 0.0984. The number of pyridine rings is 1. The van der Waals surface area contributed by atoms with E-state index in [0.29, 0.717) is 39.6 Å². The molecule has 0 saturated heterocycles. The van der Waals surface area contributed by atoms with Crippen LogP contribution in [0.25, 0.3) is 33.7 Å². The molecule has 0 fully saturated rings. The van der Waals surface area contributed by atoms with Gasteiger partial charge in [0.2, 0.25) is 0 Å². The number of anilines is 1. The number of carbonyl (C=O) groups excluding carboxylic acids is 1. The number of aliphatic hydroxyl groups excluding tert-OH is 1. The predicted molar refractivity (Wildman–Crippen MR) is 200 cm³/mol. The lowest BCUT2D eigenvalue weighted by Gasteiger charge is -2.10. The number of nitrogen functional groups attached to an aromatic ring is 1. The molecule has 266 valence electrons. The molecule has 11 nitrogen and oxygen atoms in total. The van der Waals surface area contributed by atoms with Gasteiger partial charge in [0.25, 0.3) is 0 Å². The van der Waals surface area contributed by atoms with Gasteiger partial charge in [-0.3, -0.25) is 9.79 Å². The third-order valence-corrected chi connectivity index (χ3v) is 7.05.